The molecular weight excluding hydrogens is 371 g/mol. The fourth-order valence-electron chi connectivity index (χ4n) is 1.46. The largest absolute Gasteiger partial charge is 0.396 e. The van der Waals surface area contributed by atoms with Gasteiger partial charge in [-0.1, -0.05) is 11.6 Å². The summed E-state index contributed by atoms with van der Waals surface area (Å²) in [6.07, 6.45) is 0. The van der Waals surface area contributed by atoms with E-state index in [-0.39, 0.29) is 10.6 Å². The molecule has 0 amide bonds. The smallest absolute Gasteiger partial charge is 0.261 e. The molecule has 0 bridgehead atoms. The van der Waals surface area contributed by atoms with Gasteiger partial charge in [0.1, 0.15) is 5.82 Å². The van der Waals surface area contributed by atoms with Gasteiger partial charge in [0.25, 0.3) is 10.0 Å². The first-order chi connectivity index (χ1) is 9.29. The Morgan fingerprint density at radius 3 is 2.50 bits per heavy atom. The van der Waals surface area contributed by atoms with Crippen molar-refractivity contribution < 1.29 is 12.8 Å². The van der Waals surface area contributed by atoms with E-state index in [0.717, 1.165) is 18.2 Å². The highest BCUT2D eigenvalue weighted by Crippen LogP contribution is 2.27. The van der Waals surface area contributed by atoms with E-state index in [2.05, 4.69) is 20.7 Å². The molecule has 2 aromatic carbocycles. The molecule has 0 saturated carbocycles. The van der Waals surface area contributed by atoms with Crippen molar-refractivity contribution in [3.8, 4) is 0 Å². The maximum Gasteiger partial charge on any atom is 0.261 e. The maximum atomic E-state index is 13.1. The van der Waals surface area contributed by atoms with Crippen LogP contribution >= 0.6 is 27.5 Å². The molecule has 8 heteroatoms. The molecule has 0 atom stereocenters. The van der Waals surface area contributed by atoms with E-state index in [0.29, 0.717) is 15.2 Å². The highest BCUT2D eigenvalue weighted by molar-refractivity contribution is 9.10. The Morgan fingerprint density at radius 1 is 1.20 bits per heavy atom. The van der Waals surface area contributed by atoms with Crippen molar-refractivity contribution in [2.24, 2.45) is 0 Å². The second-order valence-corrected chi connectivity index (χ2v) is 6.86. The number of benzene rings is 2. The lowest BCUT2D eigenvalue weighted by Crippen LogP contribution is -2.13. The minimum atomic E-state index is -3.84. The summed E-state index contributed by atoms with van der Waals surface area (Å²) in [6, 6.07) is 7.77. The summed E-state index contributed by atoms with van der Waals surface area (Å²) in [5.41, 5.74) is 5.45. The van der Waals surface area contributed by atoms with Crippen LogP contribution in [0.2, 0.25) is 5.02 Å². The molecule has 4 nitrogen and oxygen atoms in total. The van der Waals surface area contributed by atoms with Crippen LogP contribution in [0.4, 0.5) is 15.8 Å². The van der Waals surface area contributed by atoms with E-state index >= 15 is 0 Å². The van der Waals surface area contributed by atoms with Gasteiger partial charge in [0, 0.05) is 4.47 Å². The summed E-state index contributed by atoms with van der Waals surface area (Å²) in [6.45, 7) is 0. The predicted octanol–water partition coefficient (Wildman–Crippen LogP) is 3.62. The molecule has 0 aliphatic carbocycles. The van der Waals surface area contributed by atoms with Crippen LogP contribution in [0.3, 0.4) is 0 Å². The molecule has 106 valence electrons. The fourth-order valence-corrected chi connectivity index (χ4v) is 3.04. The Morgan fingerprint density at radius 2 is 1.90 bits per heavy atom. The minimum absolute atomic E-state index is 0.123. The predicted molar refractivity (Wildman–Crippen MR) is 80.8 cm³/mol. The van der Waals surface area contributed by atoms with Crippen molar-refractivity contribution in [2.45, 2.75) is 4.90 Å². The molecule has 2 aromatic rings. The molecule has 20 heavy (non-hydrogen) atoms. The molecule has 0 unspecified atom stereocenters. The first-order valence-corrected chi connectivity index (χ1v) is 7.98. The maximum absolute atomic E-state index is 13.1. The van der Waals surface area contributed by atoms with E-state index in [1.165, 1.54) is 12.1 Å². The Kier molecular flexibility index (Phi) is 4.22. The molecule has 0 saturated heterocycles. The molecule has 0 spiro atoms. The lowest BCUT2D eigenvalue weighted by atomic mass is 10.3. The number of nitrogen functional groups attached to an aromatic ring is 1. The second kappa shape index (κ2) is 5.59. The number of halogens is 3. The summed E-state index contributed by atoms with van der Waals surface area (Å²) in [5, 5.41) is 0.457. The van der Waals surface area contributed by atoms with Crippen molar-refractivity contribution in [3.05, 3.63) is 51.7 Å². The SMILES string of the molecule is Nc1cc(S(=O)(=O)Nc2ccc(Cl)c(Br)c2)ccc1F. The number of rotatable bonds is 3. The quantitative estimate of drug-likeness (QED) is 0.800. The van der Waals surface area contributed by atoms with E-state index in [9.17, 15) is 12.8 Å². The van der Waals surface area contributed by atoms with Gasteiger partial charge in [-0.25, -0.2) is 12.8 Å². The van der Waals surface area contributed by atoms with Gasteiger partial charge in [-0.15, -0.1) is 0 Å². The van der Waals surface area contributed by atoms with Gasteiger partial charge in [-0.3, -0.25) is 4.72 Å². The zero-order valence-electron chi connectivity index (χ0n) is 9.90. The molecule has 0 aliphatic rings. The molecule has 2 rings (SSSR count). The number of hydrogen-bond donors (Lipinski definition) is 2. The Bertz CT molecular complexity index is 768. The van der Waals surface area contributed by atoms with Crippen LogP contribution in [0.1, 0.15) is 0 Å². The van der Waals surface area contributed by atoms with Crippen LogP contribution in [0.25, 0.3) is 0 Å². The zero-order valence-corrected chi connectivity index (χ0v) is 13.1. The van der Waals surface area contributed by atoms with E-state index in [4.69, 9.17) is 17.3 Å². The van der Waals surface area contributed by atoms with Crippen molar-refractivity contribution in [2.75, 3.05) is 10.5 Å². The summed E-state index contributed by atoms with van der Waals surface area (Å²) >= 11 is 9.02. The van der Waals surface area contributed by atoms with Gasteiger partial charge >= 0.3 is 0 Å². The summed E-state index contributed by atoms with van der Waals surface area (Å²) in [4.78, 5) is -0.123. The van der Waals surface area contributed by atoms with Gasteiger partial charge in [0.05, 0.1) is 21.3 Å². The highest BCUT2D eigenvalue weighted by Gasteiger charge is 2.16. The van der Waals surface area contributed by atoms with Gasteiger partial charge in [0.2, 0.25) is 0 Å². The Labute approximate surface area is 128 Å². The minimum Gasteiger partial charge on any atom is -0.396 e. The van der Waals surface area contributed by atoms with Crippen LogP contribution < -0.4 is 10.5 Å². The van der Waals surface area contributed by atoms with Gasteiger partial charge in [0.15, 0.2) is 0 Å². The van der Waals surface area contributed by atoms with Crippen LogP contribution in [0.5, 0.6) is 0 Å². The third kappa shape index (κ3) is 3.23. The molecule has 0 aromatic heterocycles. The number of nitrogens with two attached hydrogens (primary N) is 1. The second-order valence-electron chi connectivity index (χ2n) is 3.92. The first kappa shape index (κ1) is 15.1. The summed E-state index contributed by atoms with van der Waals surface area (Å²) in [5.74, 6) is -0.668. The van der Waals surface area contributed by atoms with Gasteiger partial charge < -0.3 is 5.73 Å². The molecule has 0 heterocycles. The number of hydrogen-bond acceptors (Lipinski definition) is 3. The topological polar surface area (TPSA) is 72.2 Å². The lowest BCUT2D eigenvalue weighted by molar-refractivity contribution is 0.600. The normalized spacial score (nSPS) is 11.3. The van der Waals surface area contributed by atoms with Crippen LogP contribution in [0, 0.1) is 5.82 Å². The van der Waals surface area contributed by atoms with E-state index in [1.54, 1.807) is 6.07 Å². The monoisotopic (exact) mass is 378 g/mol. The zero-order chi connectivity index (χ0) is 14.9. The average Bonchev–Trinajstić information content (AvgIpc) is 2.37. The molecular formula is C12H9BrClFN2O2S. The van der Waals surface area contributed by atoms with Crippen LogP contribution in [-0.2, 0) is 10.0 Å². The van der Waals surface area contributed by atoms with E-state index < -0.39 is 15.8 Å². The van der Waals surface area contributed by atoms with Crippen LogP contribution in [-0.4, -0.2) is 8.42 Å². The molecule has 3 N–H and O–H groups in total. The number of anilines is 2. The average molecular weight is 380 g/mol. The third-order valence-electron chi connectivity index (χ3n) is 2.45. The van der Waals surface area contributed by atoms with Crippen molar-refractivity contribution >= 4 is 48.9 Å². The van der Waals surface area contributed by atoms with Crippen molar-refractivity contribution in [3.63, 3.8) is 0 Å². The Balaban J connectivity index is 2.35. The molecule has 0 radical (unpaired) electrons. The lowest BCUT2D eigenvalue weighted by Gasteiger charge is -2.09. The van der Waals surface area contributed by atoms with Gasteiger partial charge in [-0.05, 0) is 52.3 Å². The third-order valence-corrected chi connectivity index (χ3v) is 5.04. The highest BCUT2D eigenvalue weighted by atomic mass is 79.9. The number of sulfonamides is 1. The molecule has 0 fully saturated rings. The Hall–Kier alpha value is -1.31. The standard InChI is InChI=1S/C12H9BrClFN2O2S/c13-9-5-7(1-3-10(9)14)17-20(18,19)8-2-4-11(15)12(16)6-8/h1-6,17H,16H2. The molecule has 0 aliphatic heterocycles. The first-order valence-electron chi connectivity index (χ1n) is 5.32. The summed E-state index contributed by atoms with van der Waals surface area (Å²) in [7, 11) is -3.84. The van der Waals surface area contributed by atoms with E-state index in [1.807, 2.05) is 0 Å². The fraction of sp³-hybridized carbons (Fsp3) is 0. The van der Waals surface area contributed by atoms with Crippen LogP contribution in [0.15, 0.2) is 45.8 Å². The van der Waals surface area contributed by atoms with Crippen molar-refractivity contribution in [1.82, 2.24) is 0 Å². The van der Waals surface area contributed by atoms with Gasteiger partial charge in [-0.2, -0.15) is 0 Å². The number of nitrogens with one attached hydrogen (secondary N) is 1. The van der Waals surface area contributed by atoms with Crippen molar-refractivity contribution in [1.29, 1.82) is 0 Å². The summed E-state index contributed by atoms with van der Waals surface area (Å²) < 4.78 is 40.2.